The summed E-state index contributed by atoms with van der Waals surface area (Å²) in [5.41, 5.74) is 0.314. The minimum Gasteiger partial charge on any atom is -0.497 e. The molecule has 0 spiro atoms. The molecule has 3 rings (SSSR count). The Bertz CT molecular complexity index is 1030. The zero-order valence-corrected chi connectivity index (χ0v) is 14.1. The Morgan fingerprint density at radius 2 is 1.85 bits per heavy atom. The Hall–Kier alpha value is -3.55. The van der Waals surface area contributed by atoms with Crippen LogP contribution in [0, 0.1) is 5.82 Å². The van der Waals surface area contributed by atoms with Crippen molar-refractivity contribution in [1.82, 2.24) is 4.98 Å². The molecule has 1 aromatic heterocycles. The number of amides is 2. The Kier molecular flexibility index (Phi) is 4.74. The number of hydrogen-bond acceptors (Lipinski definition) is 4. The first-order valence-corrected chi connectivity index (χ1v) is 7.63. The van der Waals surface area contributed by atoms with E-state index in [1.54, 1.807) is 24.3 Å². The molecule has 134 valence electrons. The van der Waals surface area contributed by atoms with Crippen molar-refractivity contribution in [2.75, 3.05) is 24.9 Å². The molecule has 26 heavy (non-hydrogen) atoms. The topological polar surface area (TPSA) is 92.4 Å². The first-order chi connectivity index (χ1) is 12.5. The van der Waals surface area contributed by atoms with Gasteiger partial charge in [0.25, 0.3) is 0 Å². The number of fused-ring (bicyclic) bond motifs is 1. The minimum atomic E-state index is -0.644. The van der Waals surface area contributed by atoms with Crippen LogP contribution in [0.15, 0.2) is 47.3 Å². The second-order valence-corrected chi connectivity index (χ2v) is 5.39. The van der Waals surface area contributed by atoms with Gasteiger partial charge in [-0.05, 0) is 30.3 Å². The Balaban J connectivity index is 1.83. The molecule has 0 unspecified atom stereocenters. The number of aromatic amines is 1. The SMILES string of the molecule is COc1ccc(OC)c(NC(=O)Nc2cc(F)c3[nH]c(=O)ccc3c2)c1. The van der Waals surface area contributed by atoms with E-state index in [4.69, 9.17) is 9.47 Å². The number of halogens is 1. The zero-order valence-electron chi connectivity index (χ0n) is 14.1. The molecule has 2 amide bonds. The van der Waals surface area contributed by atoms with Gasteiger partial charge in [-0.15, -0.1) is 0 Å². The smallest absolute Gasteiger partial charge is 0.323 e. The van der Waals surface area contributed by atoms with Crippen LogP contribution in [0.5, 0.6) is 11.5 Å². The molecule has 2 aromatic carbocycles. The van der Waals surface area contributed by atoms with Gasteiger partial charge in [-0.25, -0.2) is 9.18 Å². The maximum atomic E-state index is 14.1. The molecular formula is C18H16FN3O4. The van der Waals surface area contributed by atoms with Crippen molar-refractivity contribution in [2.45, 2.75) is 0 Å². The quantitative estimate of drug-likeness (QED) is 0.668. The van der Waals surface area contributed by atoms with Crippen LogP contribution < -0.4 is 25.7 Å². The number of carbonyl (C=O) groups excluding carboxylic acids is 1. The van der Waals surface area contributed by atoms with Crippen molar-refractivity contribution in [2.24, 2.45) is 0 Å². The molecule has 0 aliphatic heterocycles. The van der Waals surface area contributed by atoms with Gasteiger partial charge in [-0.2, -0.15) is 0 Å². The first kappa shape index (κ1) is 17.3. The number of methoxy groups -OCH3 is 2. The van der Waals surface area contributed by atoms with E-state index in [0.717, 1.165) is 6.07 Å². The zero-order chi connectivity index (χ0) is 18.7. The second-order valence-electron chi connectivity index (χ2n) is 5.39. The van der Waals surface area contributed by atoms with E-state index in [1.165, 1.54) is 26.4 Å². The predicted molar refractivity (Wildman–Crippen MR) is 96.7 cm³/mol. The van der Waals surface area contributed by atoms with Crippen molar-refractivity contribution in [3.8, 4) is 11.5 Å². The first-order valence-electron chi connectivity index (χ1n) is 7.63. The Labute approximate surface area is 147 Å². The lowest BCUT2D eigenvalue weighted by atomic mass is 10.2. The Morgan fingerprint density at radius 1 is 1.04 bits per heavy atom. The van der Waals surface area contributed by atoms with Crippen LogP contribution in [0.25, 0.3) is 10.9 Å². The molecule has 0 radical (unpaired) electrons. The van der Waals surface area contributed by atoms with Crippen LogP contribution >= 0.6 is 0 Å². The highest BCUT2D eigenvalue weighted by molar-refractivity contribution is 6.02. The predicted octanol–water partition coefficient (Wildman–Crippen LogP) is 3.33. The maximum Gasteiger partial charge on any atom is 0.323 e. The molecule has 3 aromatic rings. The number of anilines is 2. The van der Waals surface area contributed by atoms with Crippen LogP contribution in [0.4, 0.5) is 20.6 Å². The van der Waals surface area contributed by atoms with E-state index in [-0.39, 0.29) is 11.2 Å². The summed E-state index contributed by atoms with van der Waals surface area (Å²) in [7, 11) is 2.98. The van der Waals surface area contributed by atoms with Gasteiger partial charge in [-0.1, -0.05) is 0 Å². The molecule has 3 N–H and O–H groups in total. The van der Waals surface area contributed by atoms with E-state index in [1.807, 2.05) is 0 Å². The standard InChI is InChI=1S/C18H16FN3O4/c1-25-12-4-5-15(26-2)14(9-12)21-18(24)20-11-7-10-3-6-16(23)22-17(10)13(19)8-11/h3-9H,1-2H3,(H,22,23)(H2,20,21,24). The molecule has 0 saturated carbocycles. The molecule has 0 fully saturated rings. The molecule has 1 heterocycles. The normalized spacial score (nSPS) is 10.4. The number of H-pyrrole nitrogens is 1. The summed E-state index contributed by atoms with van der Waals surface area (Å²) in [6, 6.07) is 9.81. The van der Waals surface area contributed by atoms with Gasteiger partial charge < -0.3 is 25.1 Å². The highest BCUT2D eigenvalue weighted by Crippen LogP contribution is 2.29. The van der Waals surface area contributed by atoms with Gasteiger partial charge in [0.1, 0.15) is 17.3 Å². The molecule has 0 atom stereocenters. The van der Waals surface area contributed by atoms with Crippen LogP contribution in [0.1, 0.15) is 0 Å². The second kappa shape index (κ2) is 7.14. The average molecular weight is 357 g/mol. The number of hydrogen-bond donors (Lipinski definition) is 3. The number of benzene rings is 2. The molecule has 0 aliphatic rings. The van der Waals surface area contributed by atoms with Crippen LogP contribution in [0.3, 0.4) is 0 Å². The van der Waals surface area contributed by atoms with Gasteiger partial charge in [0.15, 0.2) is 0 Å². The minimum absolute atomic E-state index is 0.0814. The van der Waals surface area contributed by atoms with Crippen LogP contribution in [-0.2, 0) is 0 Å². The molecule has 0 saturated heterocycles. The summed E-state index contributed by atoms with van der Waals surface area (Å²) in [5, 5.41) is 5.63. The lowest BCUT2D eigenvalue weighted by Crippen LogP contribution is -2.20. The summed E-state index contributed by atoms with van der Waals surface area (Å²) in [6.07, 6.45) is 0. The van der Waals surface area contributed by atoms with Gasteiger partial charge in [-0.3, -0.25) is 4.79 Å². The third-order valence-corrected chi connectivity index (χ3v) is 3.70. The van der Waals surface area contributed by atoms with E-state index >= 15 is 0 Å². The van der Waals surface area contributed by atoms with Crippen molar-refractivity contribution < 1.29 is 18.7 Å². The number of pyridine rings is 1. The van der Waals surface area contributed by atoms with Gasteiger partial charge >= 0.3 is 6.03 Å². The summed E-state index contributed by atoms with van der Waals surface area (Å²) in [4.78, 5) is 26.0. The highest BCUT2D eigenvalue weighted by atomic mass is 19.1. The summed E-state index contributed by atoms with van der Waals surface area (Å²) < 4.78 is 24.5. The summed E-state index contributed by atoms with van der Waals surface area (Å²) in [5.74, 6) is 0.347. The number of carbonyl (C=O) groups is 1. The fourth-order valence-corrected chi connectivity index (χ4v) is 2.49. The number of nitrogens with one attached hydrogen (secondary N) is 3. The van der Waals surface area contributed by atoms with Crippen molar-refractivity contribution >= 4 is 28.3 Å². The molecule has 8 heteroatoms. The van der Waals surface area contributed by atoms with E-state index in [2.05, 4.69) is 15.6 Å². The van der Waals surface area contributed by atoms with E-state index < -0.39 is 17.4 Å². The summed E-state index contributed by atoms with van der Waals surface area (Å²) in [6.45, 7) is 0. The average Bonchev–Trinajstić information content (AvgIpc) is 2.62. The maximum absolute atomic E-state index is 14.1. The van der Waals surface area contributed by atoms with Crippen molar-refractivity contribution in [1.29, 1.82) is 0 Å². The Morgan fingerprint density at radius 3 is 2.58 bits per heavy atom. The fraction of sp³-hybridized carbons (Fsp3) is 0.111. The third-order valence-electron chi connectivity index (χ3n) is 3.70. The molecule has 0 bridgehead atoms. The van der Waals surface area contributed by atoms with Crippen LogP contribution in [0.2, 0.25) is 0 Å². The lowest BCUT2D eigenvalue weighted by Gasteiger charge is -2.13. The largest absolute Gasteiger partial charge is 0.497 e. The van der Waals surface area contributed by atoms with Crippen molar-refractivity contribution in [3.05, 3.63) is 58.6 Å². The van der Waals surface area contributed by atoms with Gasteiger partial charge in [0.2, 0.25) is 5.56 Å². The number of rotatable bonds is 4. The number of aromatic nitrogens is 1. The monoisotopic (exact) mass is 357 g/mol. The molecule has 0 aliphatic carbocycles. The lowest BCUT2D eigenvalue weighted by molar-refractivity contribution is 0.262. The highest BCUT2D eigenvalue weighted by Gasteiger charge is 2.11. The van der Waals surface area contributed by atoms with E-state index in [0.29, 0.717) is 22.6 Å². The summed E-state index contributed by atoms with van der Waals surface area (Å²) >= 11 is 0. The number of ether oxygens (including phenoxy) is 2. The molecule has 7 nitrogen and oxygen atoms in total. The van der Waals surface area contributed by atoms with Crippen molar-refractivity contribution in [3.63, 3.8) is 0 Å². The van der Waals surface area contributed by atoms with Crippen LogP contribution in [-0.4, -0.2) is 25.2 Å². The van der Waals surface area contributed by atoms with E-state index in [9.17, 15) is 14.0 Å². The van der Waals surface area contributed by atoms with Gasteiger partial charge in [0, 0.05) is 23.2 Å². The van der Waals surface area contributed by atoms with Gasteiger partial charge in [0.05, 0.1) is 25.4 Å². The number of urea groups is 1. The fourth-order valence-electron chi connectivity index (χ4n) is 2.49. The third kappa shape index (κ3) is 3.59. The molecular weight excluding hydrogens is 341 g/mol.